The van der Waals surface area contributed by atoms with Crippen LogP contribution in [0.15, 0.2) is 22.8 Å². The summed E-state index contributed by atoms with van der Waals surface area (Å²) in [6.45, 7) is 3.19. The zero-order valence-electron chi connectivity index (χ0n) is 13.1. The summed E-state index contributed by atoms with van der Waals surface area (Å²) < 4.78 is 10.4. The Morgan fingerprint density at radius 3 is 3.12 bits per heavy atom. The molecule has 2 aliphatic heterocycles. The number of amides is 2. The van der Waals surface area contributed by atoms with Gasteiger partial charge in [-0.3, -0.25) is 4.79 Å². The summed E-state index contributed by atoms with van der Waals surface area (Å²) in [5.74, 6) is 0.556. The second kappa shape index (κ2) is 5.86. The van der Waals surface area contributed by atoms with Gasteiger partial charge in [-0.15, -0.1) is 11.3 Å². The Hall–Kier alpha value is -2.48. The molecular weight excluding hydrogens is 330 g/mol. The van der Waals surface area contributed by atoms with Gasteiger partial charge in [0.1, 0.15) is 10.8 Å². The van der Waals surface area contributed by atoms with Crippen LogP contribution in [0.2, 0.25) is 0 Å². The molecule has 126 valence electrons. The molecule has 2 aliphatic rings. The number of carbonyl (C=O) groups is 2. The molecule has 0 bridgehead atoms. The molecule has 0 spiro atoms. The van der Waals surface area contributed by atoms with Crippen molar-refractivity contribution in [3.05, 3.63) is 40.2 Å². The van der Waals surface area contributed by atoms with Crippen LogP contribution in [-0.4, -0.2) is 30.1 Å². The van der Waals surface area contributed by atoms with E-state index in [4.69, 9.17) is 9.15 Å². The number of hydrogen-bond acceptors (Lipinski definition) is 6. The van der Waals surface area contributed by atoms with E-state index in [0.717, 1.165) is 15.4 Å². The number of ether oxygens (including phenoxy) is 1. The summed E-state index contributed by atoms with van der Waals surface area (Å²) in [6.07, 6.45) is 1.55. The molecule has 8 heteroatoms. The van der Waals surface area contributed by atoms with Gasteiger partial charge >= 0.3 is 6.09 Å². The molecule has 0 saturated heterocycles. The van der Waals surface area contributed by atoms with Crippen molar-refractivity contribution in [2.24, 2.45) is 0 Å². The van der Waals surface area contributed by atoms with Crippen LogP contribution < -0.4 is 10.6 Å². The van der Waals surface area contributed by atoms with Crippen LogP contribution in [0.25, 0.3) is 0 Å². The van der Waals surface area contributed by atoms with Crippen LogP contribution in [-0.2, 0) is 17.7 Å². The lowest BCUT2D eigenvalue weighted by atomic mass is 10.0. The van der Waals surface area contributed by atoms with Gasteiger partial charge in [-0.05, 0) is 31.0 Å². The molecular formula is C16H17N3O4S. The smallest absolute Gasteiger partial charge is 0.410 e. The van der Waals surface area contributed by atoms with Gasteiger partial charge in [0.15, 0.2) is 6.17 Å². The van der Waals surface area contributed by atoms with E-state index >= 15 is 0 Å². The Kier molecular flexibility index (Phi) is 3.68. The quantitative estimate of drug-likeness (QED) is 0.873. The third-order valence-corrected chi connectivity index (χ3v) is 5.34. The maximum atomic E-state index is 12.6. The fourth-order valence-electron chi connectivity index (χ4n) is 3.08. The number of furan rings is 1. The van der Waals surface area contributed by atoms with Gasteiger partial charge in [0.2, 0.25) is 0 Å². The summed E-state index contributed by atoms with van der Waals surface area (Å²) in [5.41, 5.74) is 1.72. The maximum absolute atomic E-state index is 12.6. The normalized spacial score (nSPS) is 19.1. The van der Waals surface area contributed by atoms with Gasteiger partial charge in [0.05, 0.1) is 25.0 Å². The van der Waals surface area contributed by atoms with Crippen molar-refractivity contribution in [2.45, 2.75) is 26.1 Å². The first-order chi connectivity index (χ1) is 11.7. The average molecular weight is 347 g/mol. The highest BCUT2D eigenvalue weighted by Crippen LogP contribution is 2.40. The SMILES string of the molecule is CCOC(=O)N1CCc2c(sc3c2C(=O)NC(c2ccco2)N3)C1. The minimum Gasteiger partial charge on any atom is -0.465 e. The Morgan fingerprint density at radius 2 is 2.38 bits per heavy atom. The van der Waals surface area contributed by atoms with E-state index in [-0.39, 0.29) is 18.2 Å². The maximum Gasteiger partial charge on any atom is 0.410 e. The van der Waals surface area contributed by atoms with Crippen molar-refractivity contribution in [1.82, 2.24) is 10.2 Å². The summed E-state index contributed by atoms with van der Waals surface area (Å²) in [5, 5.41) is 7.07. The zero-order valence-corrected chi connectivity index (χ0v) is 13.9. The topological polar surface area (TPSA) is 83.8 Å². The highest BCUT2D eigenvalue weighted by atomic mass is 32.1. The number of hydrogen-bond donors (Lipinski definition) is 2. The lowest BCUT2D eigenvalue weighted by Crippen LogP contribution is -2.39. The molecule has 2 N–H and O–H groups in total. The van der Waals surface area contributed by atoms with Gasteiger partial charge in [0, 0.05) is 11.4 Å². The van der Waals surface area contributed by atoms with Gasteiger partial charge in [0.25, 0.3) is 5.91 Å². The first-order valence-electron chi connectivity index (χ1n) is 7.84. The van der Waals surface area contributed by atoms with E-state index in [1.165, 1.54) is 11.3 Å². The predicted molar refractivity (Wildman–Crippen MR) is 88.0 cm³/mol. The minimum absolute atomic E-state index is 0.104. The van der Waals surface area contributed by atoms with E-state index in [9.17, 15) is 9.59 Å². The van der Waals surface area contributed by atoms with E-state index in [0.29, 0.717) is 37.4 Å². The van der Waals surface area contributed by atoms with Crippen molar-refractivity contribution in [3.8, 4) is 0 Å². The molecule has 0 aliphatic carbocycles. The number of fused-ring (bicyclic) bond motifs is 3. The highest BCUT2D eigenvalue weighted by Gasteiger charge is 2.35. The fourth-order valence-corrected chi connectivity index (χ4v) is 4.37. The van der Waals surface area contributed by atoms with Gasteiger partial charge < -0.3 is 24.7 Å². The second-order valence-corrected chi connectivity index (χ2v) is 6.75. The number of thiophene rings is 1. The summed E-state index contributed by atoms with van der Waals surface area (Å²) in [6, 6.07) is 3.61. The van der Waals surface area contributed by atoms with E-state index in [2.05, 4.69) is 10.6 Å². The van der Waals surface area contributed by atoms with Crippen LogP contribution in [0.1, 0.15) is 39.6 Å². The lowest BCUT2D eigenvalue weighted by Gasteiger charge is -2.27. The van der Waals surface area contributed by atoms with Crippen molar-refractivity contribution in [2.75, 3.05) is 18.5 Å². The Morgan fingerprint density at radius 1 is 1.50 bits per heavy atom. The molecule has 4 heterocycles. The van der Waals surface area contributed by atoms with Gasteiger partial charge in [-0.2, -0.15) is 0 Å². The van der Waals surface area contributed by atoms with Gasteiger partial charge in [-0.1, -0.05) is 0 Å². The van der Waals surface area contributed by atoms with E-state index in [1.54, 1.807) is 24.2 Å². The number of anilines is 1. The van der Waals surface area contributed by atoms with Crippen molar-refractivity contribution in [1.29, 1.82) is 0 Å². The molecule has 1 atom stereocenters. The van der Waals surface area contributed by atoms with Crippen molar-refractivity contribution in [3.63, 3.8) is 0 Å². The zero-order chi connectivity index (χ0) is 16.7. The van der Waals surface area contributed by atoms with Crippen molar-refractivity contribution >= 4 is 28.3 Å². The predicted octanol–water partition coefficient (Wildman–Crippen LogP) is 2.71. The number of nitrogens with one attached hydrogen (secondary N) is 2. The standard InChI is InChI=1S/C16H17N3O4S/c1-2-22-16(21)19-6-5-9-11(8-19)24-15-12(9)14(20)17-13(18-15)10-4-3-7-23-10/h3-4,7,13,18H,2,5-6,8H2,1H3,(H,17,20). The van der Waals surface area contributed by atoms with E-state index in [1.807, 2.05) is 6.07 Å². The lowest BCUT2D eigenvalue weighted by molar-refractivity contribution is 0.0929. The second-order valence-electron chi connectivity index (χ2n) is 5.64. The number of rotatable bonds is 2. The monoisotopic (exact) mass is 347 g/mol. The minimum atomic E-state index is -0.374. The Labute approximate surface area is 142 Å². The third-order valence-electron chi connectivity index (χ3n) is 4.19. The molecule has 7 nitrogen and oxygen atoms in total. The molecule has 0 radical (unpaired) electrons. The molecule has 4 rings (SSSR count). The molecule has 2 aromatic rings. The molecule has 0 fully saturated rings. The largest absolute Gasteiger partial charge is 0.465 e. The average Bonchev–Trinajstić information content (AvgIpc) is 3.21. The first-order valence-corrected chi connectivity index (χ1v) is 8.66. The molecule has 1 unspecified atom stereocenters. The first kappa shape index (κ1) is 15.1. The third kappa shape index (κ3) is 2.43. The van der Waals surface area contributed by atoms with Crippen LogP contribution >= 0.6 is 11.3 Å². The molecule has 2 aromatic heterocycles. The van der Waals surface area contributed by atoms with Crippen LogP contribution in [0.3, 0.4) is 0 Å². The number of nitrogens with zero attached hydrogens (tertiary/aromatic N) is 1. The molecule has 2 amide bonds. The van der Waals surface area contributed by atoms with Crippen LogP contribution in [0, 0.1) is 0 Å². The summed E-state index contributed by atoms with van der Waals surface area (Å²) >= 11 is 1.52. The van der Waals surface area contributed by atoms with Crippen LogP contribution in [0.4, 0.5) is 9.80 Å². The Bertz CT molecular complexity index is 784. The van der Waals surface area contributed by atoms with Crippen LogP contribution in [0.5, 0.6) is 0 Å². The fraction of sp³-hybridized carbons (Fsp3) is 0.375. The summed E-state index contributed by atoms with van der Waals surface area (Å²) in [4.78, 5) is 27.2. The highest BCUT2D eigenvalue weighted by molar-refractivity contribution is 7.16. The van der Waals surface area contributed by atoms with E-state index < -0.39 is 0 Å². The molecule has 0 saturated carbocycles. The van der Waals surface area contributed by atoms with Gasteiger partial charge in [-0.25, -0.2) is 4.79 Å². The molecule has 0 aromatic carbocycles. The Balaban J connectivity index is 1.61. The van der Waals surface area contributed by atoms with Crippen molar-refractivity contribution < 1.29 is 18.7 Å². The molecule has 24 heavy (non-hydrogen) atoms. The number of carbonyl (C=O) groups excluding carboxylic acids is 2. The summed E-state index contributed by atoms with van der Waals surface area (Å²) in [7, 11) is 0.